The normalized spacial score (nSPS) is 17.2. The summed E-state index contributed by atoms with van der Waals surface area (Å²) in [6.07, 6.45) is -0.919. The fourth-order valence-electron chi connectivity index (χ4n) is 2.63. The lowest BCUT2D eigenvalue weighted by molar-refractivity contribution is -0.119. The van der Waals surface area contributed by atoms with Crippen molar-refractivity contribution in [3.8, 4) is 0 Å². The number of aliphatic hydroxyl groups is 1. The largest absolute Gasteiger partial charge is 0.384 e. The minimum absolute atomic E-state index is 0.217. The number of hydrogen-bond donors (Lipinski definition) is 2. The molecule has 1 atom stereocenters. The van der Waals surface area contributed by atoms with E-state index >= 15 is 0 Å². The van der Waals surface area contributed by atoms with Gasteiger partial charge in [0.05, 0.1) is 11.1 Å². The Balaban J connectivity index is 2.10. The quantitative estimate of drug-likeness (QED) is 0.890. The van der Waals surface area contributed by atoms with Gasteiger partial charge in [-0.15, -0.1) is 0 Å². The van der Waals surface area contributed by atoms with Crippen molar-refractivity contribution in [2.75, 3.05) is 5.32 Å². The van der Waals surface area contributed by atoms with E-state index in [0.717, 1.165) is 0 Å². The van der Waals surface area contributed by atoms with Crippen LogP contribution in [0, 0.1) is 5.82 Å². The van der Waals surface area contributed by atoms with Crippen molar-refractivity contribution < 1.29 is 14.3 Å². The van der Waals surface area contributed by atoms with Gasteiger partial charge >= 0.3 is 0 Å². The fraction of sp³-hybridized carbons (Fsp3) is 0.235. The van der Waals surface area contributed by atoms with Gasteiger partial charge in [0.1, 0.15) is 11.9 Å². The van der Waals surface area contributed by atoms with Gasteiger partial charge in [-0.2, -0.15) is 0 Å². The Morgan fingerprint density at radius 3 is 2.48 bits per heavy atom. The number of anilines is 1. The predicted molar refractivity (Wildman–Crippen MR) is 78.6 cm³/mol. The Bertz CT molecular complexity index is 710. The molecule has 2 aromatic carbocycles. The van der Waals surface area contributed by atoms with Gasteiger partial charge in [0.2, 0.25) is 5.91 Å². The van der Waals surface area contributed by atoms with E-state index in [1.54, 1.807) is 32.0 Å². The Kier molecular flexibility index (Phi) is 3.06. The Morgan fingerprint density at radius 1 is 1.14 bits per heavy atom. The minimum Gasteiger partial charge on any atom is -0.384 e. The number of rotatable bonds is 2. The Hall–Kier alpha value is -2.20. The summed E-state index contributed by atoms with van der Waals surface area (Å²) in [5, 5.41) is 13.0. The van der Waals surface area contributed by atoms with Crippen molar-refractivity contribution in [1.82, 2.24) is 0 Å². The highest BCUT2D eigenvalue weighted by Gasteiger charge is 2.40. The minimum atomic E-state index is -0.919. The lowest BCUT2D eigenvalue weighted by Gasteiger charge is -2.18. The zero-order valence-electron chi connectivity index (χ0n) is 11.9. The molecule has 0 aromatic heterocycles. The summed E-state index contributed by atoms with van der Waals surface area (Å²) < 4.78 is 14.2. The van der Waals surface area contributed by atoms with Crippen LogP contribution in [-0.2, 0) is 10.2 Å². The van der Waals surface area contributed by atoms with E-state index in [1.807, 2.05) is 18.2 Å². The van der Waals surface area contributed by atoms with Crippen molar-refractivity contribution in [2.24, 2.45) is 0 Å². The highest BCUT2D eigenvalue weighted by molar-refractivity contribution is 6.05. The van der Waals surface area contributed by atoms with Crippen LogP contribution in [0.3, 0.4) is 0 Å². The first kappa shape index (κ1) is 13.8. The standard InChI is InChI=1S/C17H16FNO2/c1-17(2)12-8-11(9-13(18)14(12)19-16(17)21)15(20)10-6-4-3-5-7-10/h3-9,15,20H,1-2H3,(H,19,21). The number of nitrogens with one attached hydrogen (secondary N) is 1. The van der Waals surface area contributed by atoms with Gasteiger partial charge in [-0.05, 0) is 42.7 Å². The first-order chi connectivity index (χ1) is 9.91. The molecule has 1 heterocycles. The molecule has 2 aromatic rings. The molecule has 4 heteroatoms. The van der Waals surface area contributed by atoms with Crippen LogP contribution in [0.15, 0.2) is 42.5 Å². The molecule has 3 nitrogen and oxygen atoms in total. The molecular weight excluding hydrogens is 269 g/mol. The maximum Gasteiger partial charge on any atom is 0.234 e. The Labute approximate surface area is 122 Å². The first-order valence-electron chi connectivity index (χ1n) is 6.79. The van der Waals surface area contributed by atoms with Crippen molar-refractivity contribution in [1.29, 1.82) is 0 Å². The second-order valence-electron chi connectivity index (χ2n) is 5.82. The van der Waals surface area contributed by atoms with E-state index in [1.165, 1.54) is 6.07 Å². The molecule has 0 aliphatic carbocycles. The summed E-state index contributed by atoms with van der Waals surface area (Å²) in [5.41, 5.74) is 1.13. The summed E-state index contributed by atoms with van der Waals surface area (Å²) in [4.78, 5) is 11.9. The third-order valence-electron chi connectivity index (χ3n) is 4.02. The topological polar surface area (TPSA) is 49.3 Å². The van der Waals surface area contributed by atoms with E-state index < -0.39 is 17.3 Å². The van der Waals surface area contributed by atoms with Crippen LogP contribution in [0.2, 0.25) is 0 Å². The summed E-state index contributed by atoms with van der Waals surface area (Å²) in [6, 6.07) is 12.0. The number of aliphatic hydroxyl groups excluding tert-OH is 1. The molecule has 1 amide bonds. The monoisotopic (exact) mass is 285 g/mol. The van der Waals surface area contributed by atoms with Gasteiger partial charge in [0.25, 0.3) is 0 Å². The van der Waals surface area contributed by atoms with Crippen molar-refractivity contribution in [2.45, 2.75) is 25.4 Å². The van der Waals surface area contributed by atoms with Gasteiger partial charge < -0.3 is 10.4 Å². The lowest BCUT2D eigenvalue weighted by Crippen LogP contribution is -2.26. The molecule has 1 aliphatic heterocycles. The average molecular weight is 285 g/mol. The second kappa shape index (κ2) is 4.67. The lowest BCUT2D eigenvalue weighted by atomic mass is 9.84. The number of fused-ring (bicyclic) bond motifs is 1. The highest BCUT2D eigenvalue weighted by Crippen LogP contribution is 2.41. The molecule has 21 heavy (non-hydrogen) atoms. The van der Waals surface area contributed by atoms with E-state index in [4.69, 9.17) is 0 Å². The van der Waals surface area contributed by atoms with Crippen LogP contribution in [0.1, 0.15) is 36.6 Å². The molecule has 2 N–H and O–H groups in total. The third kappa shape index (κ3) is 2.12. The van der Waals surface area contributed by atoms with Gasteiger partial charge in [0.15, 0.2) is 0 Å². The second-order valence-corrected chi connectivity index (χ2v) is 5.82. The zero-order chi connectivity index (χ0) is 15.2. The highest BCUT2D eigenvalue weighted by atomic mass is 19.1. The predicted octanol–water partition coefficient (Wildman–Crippen LogP) is 3.14. The number of carbonyl (C=O) groups excluding carboxylic acids is 1. The van der Waals surface area contributed by atoms with Crippen LogP contribution in [0.5, 0.6) is 0 Å². The fourth-order valence-corrected chi connectivity index (χ4v) is 2.63. The van der Waals surface area contributed by atoms with Crippen molar-refractivity contribution in [3.63, 3.8) is 0 Å². The smallest absolute Gasteiger partial charge is 0.234 e. The van der Waals surface area contributed by atoms with Crippen LogP contribution in [0.25, 0.3) is 0 Å². The molecule has 0 spiro atoms. The molecule has 0 saturated heterocycles. The first-order valence-corrected chi connectivity index (χ1v) is 6.79. The summed E-state index contributed by atoms with van der Waals surface area (Å²) in [7, 11) is 0. The van der Waals surface area contributed by atoms with Crippen molar-refractivity contribution >= 4 is 11.6 Å². The molecule has 0 fully saturated rings. The number of carbonyl (C=O) groups is 1. The molecule has 108 valence electrons. The summed E-state index contributed by atoms with van der Waals surface area (Å²) in [6.45, 7) is 3.48. The molecule has 0 bridgehead atoms. The van der Waals surface area contributed by atoms with Crippen LogP contribution < -0.4 is 5.32 Å². The van der Waals surface area contributed by atoms with Gasteiger partial charge in [-0.25, -0.2) is 4.39 Å². The molecular formula is C17H16FNO2. The maximum absolute atomic E-state index is 14.2. The summed E-state index contributed by atoms with van der Waals surface area (Å²) >= 11 is 0. The van der Waals surface area contributed by atoms with Gasteiger partial charge in [0, 0.05) is 0 Å². The number of hydrogen-bond acceptors (Lipinski definition) is 2. The Morgan fingerprint density at radius 2 is 1.81 bits per heavy atom. The SMILES string of the molecule is CC1(C)C(=O)Nc2c(F)cc(C(O)c3ccccc3)cc21. The van der Waals surface area contributed by atoms with E-state index in [0.29, 0.717) is 16.7 Å². The molecule has 0 radical (unpaired) electrons. The van der Waals surface area contributed by atoms with Crippen LogP contribution in [0.4, 0.5) is 10.1 Å². The van der Waals surface area contributed by atoms with Crippen LogP contribution >= 0.6 is 0 Å². The van der Waals surface area contributed by atoms with Crippen LogP contribution in [-0.4, -0.2) is 11.0 Å². The number of amides is 1. The number of halogens is 1. The molecule has 1 unspecified atom stereocenters. The summed E-state index contributed by atoms with van der Waals surface area (Å²) in [5.74, 6) is -0.751. The van der Waals surface area contributed by atoms with Gasteiger partial charge in [-0.3, -0.25) is 4.79 Å². The average Bonchev–Trinajstić information content (AvgIpc) is 2.71. The van der Waals surface area contributed by atoms with Gasteiger partial charge in [-0.1, -0.05) is 30.3 Å². The van der Waals surface area contributed by atoms with E-state index in [2.05, 4.69) is 5.32 Å². The maximum atomic E-state index is 14.2. The van der Waals surface area contributed by atoms with E-state index in [9.17, 15) is 14.3 Å². The molecule has 1 aliphatic rings. The molecule has 0 saturated carbocycles. The van der Waals surface area contributed by atoms with E-state index in [-0.39, 0.29) is 11.6 Å². The van der Waals surface area contributed by atoms with Crippen molar-refractivity contribution in [3.05, 3.63) is 65.0 Å². The zero-order valence-corrected chi connectivity index (χ0v) is 11.9. The number of benzene rings is 2. The molecule has 3 rings (SSSR count). The third-order valence-corrected chi connectivity index (χ3v) is 4.02.